The lowest BCUT2D eigenvalue weighted by atomic mass is 9.81. The number of hydrogen-bond donors (Lipinski definition) is 1. The van der Waals surface area contributed by atoms with Gasteiger partial charge in [0.05, 0.1) is 23.9 Å². The van der Waals surface area contributed by atoms with Crippen LogP contribution in [0.3, 0.4) is 0 Å². The van der Waals surface area contributed by atoms with Crippen molar-refractivity contribution in [1.29, 1.82) is 0 Å². The smallest absolute Gasteiger partial charge is 0.383 e. The van der Waals surface area contributed by atoms with E-state index in [9.17, 15) is 9.59 Å². The molecule has 6 rings (SSSR count). The van der Waals surface area contributed by atoms with Gasteiger partial charge in [0, 0.05) is 6.42 Å². The molecule has 7 nitrogen and oxygen atoms in total. The van der Waals surface area contributed by atoms with Crippen molar-refractivity contribution < 1.29 is 28.5 Å². The number of hydrogen-bond acceptors (Lipinski definition) is 7. The molecule has 0 spiro atoms. The second-order valence-corrected chi connectivity index (χ2v) is 9.70. The zero-order chi connectivity index (χ0) is 25.9. The SMILES string of the molecule is O=C1CCCC2=C1NC1=C(OCCC1)C2/C=C1\OC(=O)C(OCc2ccccc2)=C1OCc1ccccc1. The maximum absolute atomic E-state index is 13.0. The third-order valence-corrected chi connectivity index (χ3v) is 7.10. The number of carbonyl (C=O) groups excluding carboxylic acids is 2. The number of benzene rings is 2. The predicted octanol–water partition coefficient (Wildman–Crippen LogP) is 5.32. The summed E-state index contributed by atoms with van der Waals surface area (Å²) in [6, 6.07) is 19.3. The van der Waals surface area contributed by atoms with Crippen molar-refractivity contribution in [2.45, 2.75) is 45.3 Å². The number of allylic oxidation sites excluding steroid dienone is 3. The Labute approximate surface area is 221 Å². The average molecular weight is 512 g/mol. The number of esters is 1. The van der Waals surface area contributed by atoms with E-state index in [2.05, 4.69) is 5.32 Å². The summed E-state index contributed by atoms with van der Waals surface area (Å²) in [5, 5.41) is 3.36. The first-order valence-corrected chi connectivity index (χ1v) is 13.1. The number of Topliss-reactive ketones (excluding diaryl/α,β-unsaturated/α-hetero) is 1. The molecule has 1 aliphatic carbocycles. The minimum Gasteiger partial charge on any atom is -0.495 e. The van der Waals surface area contributed by atoms with E-state index in [0.717, 1.165) is 53.8 Å². The zero-order valence-corrected chi connectivity index (χ0v) is 21.0. The summed E-state index contributed by atoms with van der Waals surface area (Å²) in [7, 11) is 0. The Bertz CT molecular complexity index is 1370. The molecule has 0 saturated heterocycles. The van der Waals surface area contributed by atoms with Crippen LogP contribution >= 0.6 is 0 Å². The van der Waals surface area contributed by atoms with E-state index < -0.39 is 5.97 Å². The standard InChI is InChI=1S/C31H29NO6/c33-25-15-7-13-22-23(28-24(32-27(22)25)14-8-16-35-28)17-26-29(36-18-20-9-3-1-4-10-20)30(31(34)38-26)37-19-21-11-5-2-6-12-21/h1-6,9-12,17,23,32H,7-8,13-16,18-19H2/b26-17-. The largest absolute Gasteiger partial charge is 0.495 e. The molecule has 194 valence electrons. The van der Waals surface area contributed by atoms with Crippen LogP contribution in [0.1, 0.15) is 43.2 Å². The third-order valence-electron chi connectivity index (χ3n) is 7.10. The van der Waals surface area contributed by atoms with Gasteiger partial charge >= 0.3 is 5.97 Å². The van der Waals surface area contributed by atoms with Crippen molar-refractivity contribution in [2.75, 3.05) is 6.61 Å². The molecule has 0 radical (unpaired) electrons. The molecule has 1 unspecified atom stereocenters. The highest BCUT2D eigenvalue weighted by Gasteiger charge is 2.39. The van der Waals surface area contributed by atoms with E-state index in [1.54, 1.807) is 0 Å². The molecule has 2 aromatic carbocycles. The minimum absolute atomic E-state index is 0.0395. The van der Waals surface area contributed by atoms with Crippen LogP contribution in [0.4, 0.5) is 0 Å². The summed E-state index contributed by atoms with van der Waals surface area (Å²) in [6.45, 7) is 1.05. The number of ether oxygens (including phenoxy) is 4. The van der Waals surface area contributed by atoms with Crippen LogP contribution in [0.25, 0.3) is 0 Å². The van der Waals surface area contributed by atoms with E-state index in [1.807, 2.05) is 66.7 Å². The molecular formula is C31H29NO6. The Balaban J connectivity index is 1.37. The average Bonchev–Trinajstić information content (AvgIpc) is 3.25. The molecule has 0 aromatic heterocycles. The first-order chi connectivity index (χ1) is 18.7. The van der Waals surface area contributed by atoms with E-state index in [1.165, 1.54) is 0 Å². The van der Waals surface area contributed by atoms with Crippen molar-refractivity contribution >= 4 is 11.8 Å². The monoisotopic (exact) mass is 511 g/mol. The van der Waals surface area contributed by atoms with E-state index in [4.69, 9.17) is 18.9 Å². The molecule has 1 atom stereocenters. The number of dihydropyridines is 1. The summed E-state index contributed by atoms with van der Waals surface area (Å²) in [5.74, 6) is 0.557. The molecule has 0 bridgehead atoms. The quantitative estimate of drug-likeness (QED) is 0.504. The lowest BCUT2D eigenvalue weighted by molar-refractivity contribution is -0.136. The Morgan fingerprint density at radius 3 is 2.24 bits per heavy atom. The number of carbonyl (C=O) groups is 2. The second-order valence-electron chi connectivity index (χ2n) is 9.70. The normalized spacial score (nSPS) is 22.0. The summed E-state index contributed by atoms with van der Waals surface area (Å²) >= 11 is 0. The van der Waals surface area contributed by atoms with E-state index in [0.29, 0.717) is 18.7 Å². The maximum atomic E-state index is 13.0. The highest BCUT2D eigenvalue weighted by atomic mass is 16.6. The van der Waals surface area contributed by atoms with E-state index in [-0.39, 0.29) is 42.2 Å². The molecule has 1 N–H and O–H groups in total. The molecule has 3 aliphatic heterocycles. The number of ketones is 1. The van der Waals surface area contributed by atoms with Gasteiger partial charge in [-0.3, -0.25) is 4.79 Å². The molecule has 0 saturated carbocycles. The van der Waals surface area contributed by atoms with Crippen molar-refractivity contribution in [3.8, 4) is 0 Å². The van der Waals surface area contributed by atoms with Gasteiger partial charge in [-0.1, -0.05) is 60.7 Å². The van der Waals surface area contributed by atoms with Crippen LogP contribution in [0.15, 0.2) is 107 Å². The maximum Gasteiger partial charge on any atom is 0.383 e. The predicted molar refractivity (Wildman–Crippen MR) is 138 cm³/mol. The third kappa shape index (κ3) is 4.84. The van der Waals surface area contributed by atoms with Crippen molar-refractivity contribution in [3.63, 3.8) is 0 Å². The molecule has 7 heteroatoms. The fourth-order valence-electron chi connectivity index (χ4n) is 5.24. The fourth-order valence-corrected chi connectivity index (χ4v) is 5.24. The lowest BCUT2D eigenvalue weighted by Crippen LogP contribution is -2.35. The molecule has 4 aliphatic rings. The first-order valence-electron chi connectivity index (χ1n) is 13.1. The fraction of sp³-hybridized carbons (Fsp3) is 0.290. The van der Waals surface area contributed by atoms with Gasteiger partial charge < -0.3 is 24.3 Å². The van der Waals surface area contributed by atoms with Crippen LogP contribution in [0, 0.1) is 5.92 Å². The van der Waals surface area contributed by atoms with Gasteiger partial charge in [-0.15, -0.1) is 0 Å². The summed E-state index contributed by atoms with van der Waals surface area (Å²) in [5.41, 5.74) is 4.42. The van der Waals surface area contributed by atoms with Crippen LogP contribution < -0.4 is 5.32 Å². The van der Waals surface area contributed by atoms with E-state index >= 15 is 0 Å². The van der Waals surface area contributed by atoms with Crippen molar-refractivity contribution in [1.82, 2.24) is 5.32 Å². The molecule has 2 aromatic rings. The van der Waals surface area contributed by atoms with Gasteiger partial charge in [0.15, 0.2) is 11.5 Å². The first kappa shape index (κ1) is 24.1. The number of cyclic esters (lactones) is 1. The zero-order valence-electron chi connectivity index (χ0n) is 21.0. The van der Waals surface area contributed by atoms with Gasteiger partial charge in [0.1, 0.15) is 19.0 Å². The van der Waals surface area contributed by atoms with Gasteiger partial charge in [-0.25, -0.2) is 4.79 Å². The van der Waals surface area contributed by atoms with Gasteiger partial charge in [-0.05, 0) is 48.5 Å². The van der Waals surface area contributed by atoms with Crippen molar-refractivity contribution in [3.05, 3.63) is 118 Å². The Morgan fingerprint density at radius 2 is 1.53 bits per heavy atom. The van der Waals surface area contributed by atoms with Crippen LogP contribution in [-0.2, 0) is 41.8 Å². The van der Waals surface area contributed by atoms with Gasteiger partial charge in [0.2, 0.25) is 5.76 Å². The topological polar surface area (TPSA) is 83.1 Å². The van der Waals surface area contributed by atoms with Crippen molar-refractivity contribution in [2.24, 2.45) is 5.92 Å². The Kier molecular flexibility index (Phi) is 6.73. The molecular weight excluding hydrogens is 482 g/mol. The Morgan fingerprint density at radius 1 is 0.842 bits per heavy atom. The van der Waals surface area contributed by atoms with Crippen LogP contribution in [0.5, 0.6) is 0 Å². The summed E-state index contributed by atoms with van der Waals surface area (Å²) in [4.78, 5) is 25.8. The molecule has 0 amide bonds. The van der Waals surface area contributed by atoms with Gasteiger partial charge in [0.25, 0.3) is 5.76 Å². The molecule has 0 fully saturated rings. The van der Waals surface area contributed by atoms with Crippen LogP contribution in [0.2, 0.25) is 0 Å². The van der Waals surface area contributed by atoms with Gasteiger partial charge in [-0.2, -0.15) is 0 Å². The van der Waals surface area contributed by atoms with Crippen LogP contribution in [-0.4, -0.2) is 18.4 Å². The molecule has 3 heterocycles. The summed E-state index contributed by atoms with van der Waals surface area (Å²) in [6.07, 6.45) is 5.60. The Hall–Kier alpha value is -4.26. The second kappa shape index (κ2) is 10.6. The lowest BCUT2D eigenvalue weighted by Gasteiger charge is -2.36. The highest BCUT2D eigenvalue weighted by molar-refractivity contribution is 5.97. The number of nitrogens with one attached hydrogen (secondary N) is 1. The summed E-state index contributed by atoms with van der Waals surface area (Å²) < 4.78 is 24.0. The number of rotatable bonds is 7. The molecule has 38 heavy (non-hydrogen) atoms. The minimum atomic E-state index is -0.600. The highest BCUT2D eigenvalue weighted by Crippen LogP contribution is 2.42.